The van der Waals surface area contributed by atoms with Gasteiger partial charge in [0.05, 0.1) is 6.26 Å². The first-order valence-corrected chi connectivity index (χ1v) is 5.41. The van der Waals surface area contributed by atoms with E-state index in [1.807, 2.05) is 30.3 Å². The lowest BCUT2D eigenvalue weighted by molar-refractivity contribution is 0.296. The lowest BCUT2D eigenvalue weighted by Crippen LogP contribution is -2.12. The molecule has 1 rings (SSSR count). The van der Waals surface area contributed by atoms with Crippen molar-refractivity contribution in [3.63, 3.8) is 0 Å². The molecule has 0 saturated carbocycles. The first-order chi connectivity index (χ1) is 8.06. The van der Waals surface area contributed by atoms with Gasteiger partial charge >= 0.3 is 0 Å². The molecule has 0 amide bonds. The van der Waals surface area contributed by atoms with Gasteiger partial charge in [-0.3, -0.25) is 0 Å². The molecule has 0 aromatic heterocycles. The molecule has 0 atom stereocenters. The number of thiocarbonyl (C=S) groups is 2. The number of nitrogens with two attached hydrogens (primary N) is 2. The largest absolute Gasteiger partial charge is 0.466 e. The molecule has 4 nitrogen and oxygen atoms in total. The quantitative estimate of drug-likeness (QED) is 0.645. The number of hydrogen-bond acceptors (Lipinski definition) is 4. The second-order valence-electron chi connectivity index (χ2n) is 2.70. The van der Waals surface area contributed by atoms with Crippen LogP contribution < -0.4 is 11.5 Å². The average Bonchev–Trinajstić information content (AvgIpc) is 2.28. The Bertz CT molecular complexity index is 369. The highest BCUT2D eigenvalue weighted by atomic mass is 32.1. The zero-order valence-electron chi connectivity index (χ0n) is 9.17. The summed E-state index contributed by atoms with van der Waals surface area (Å²) >= 11 is 8.83. The summed E-state index contributed by atoms with van der Waals surface area (Å²) in [4.78, 5) is 0. The highest BCUT2D eigenvalue weighted by molar-refractivity contribution is 7.80. The molecular weight excluding hydrogens is 256 g/mol. The summed E-state index contributed by atoms with van der Waals surface area (Å²) in [6.45, 7) is 3.67. The van der Waals surface area contributed by atoms with Gasteiger partial charge in [-0.05, 0) is 30.0 Å². The van der Waals surface area contributed by atoms with Gasteiger partial charge in [0.1, 0.15) is 6.61 Å². The molecule has 1 aromatic rings. The second-order valence-corrected chi connectivity index (χ2v) is 3.50. The molecule has 6 heteroatoms. The first kappa shape index (κ1) is 15.3. The Morgan fingerprint density at radius 3 is 2.12 bits per heavy atom. The maximum Gasteiger partial charge on any atom is 0.258 e. The molecule has 0 aliphatic carbocycles. The van der Waals surface area contributed by atoms with Crippen LogP contribution >= 0.6 is 24.4 Å². The normalized spacial score (nSPS) is 8.24. The molecule has 0 fully saturated rings. The highest BCUT2D eigenvalue weighted by Crippen LogP contribution is 1.99. The number of rotatable bonds is 3. The van der Waals surface area contributed by atoms with Crippen molar-refractivity contribution in [2.75, 3.05) is 0 Å². The van der Waals surface area contributed by atoms with E-state index in [9.17, 15) is 0 Å². The zero-order chi connectivity index (χ0) is 13.1. The van der Waals surface area contributed by atoms with Crippen LogP contribution in [0.3, 0.4) is 0 Å². The molecule has 0 spiro atoms. The summed E-state index contributed by atoms with van der Waals surface area (Å²) in [5.41, 5.74) is 11.1. The smallest absolute Gasteiger partial charge is 0.258 e. The standard InChI is InChI=1S/C8H9NOS.C3H5NOS/c9-8(11)10-6-7-4-2-1-3-5-7;1-2-5-3(4)6/h1-5H,6H2,(H2,9,11);2H,1H2,(H2,4,6). The van der Waals surface area contributed by atoms with E-state index in [0.717, 1.165) is 5.56 Å². The van der Waals surface area contributed by atoms with Crippen molar-refractivity contribution >= 4 is 34.8 Å². The molecule has 4 N–H and O–H groups in total. The number of hydrogen-bond donors (Lipinski definition) is 2. The summed E-state index contributed by atoms with van der Waals surface area (Å²) < 4.78 is 9.25. The fourth-order valence-corrected chi connectivity index (χ4v) is 0.938. The Balaban J connectivity index is 0.000000366. The fraction of sp³-hybridized carbons (Fsp3) is 0.0909. The third-order valence-corrected chi connectivity index (χ3v) is 1.64. The minimum absolute atomic E-state index is 0.00463. The maximum atomic E-state index is 5.15. The van der Waals surface area contributed by atoms with Crippen LogP contribution in [0.5, 0.6) is 0 Å². The van der Waals surface area contributed by atoms with E-state index in [1.165, 1.54) is 6.26 Å². The van der Waals surface area contributed by atoms with Crippen LogP contribution in [-0.2, 0) is 16.1 Å². The molecule has 92 valence electrons. The molecule has 0 bridgehead atoms. The van der Waals surface area contributed by atoms with Gasteiger partial charge in [0.15, 0.2) is 0 Å². The molecule has 0 radical (unpaired) electrons. The van der Waals surface area contributed by atoms with Crippen LogP contribution in [0.15, 0.2) is 43.2 Å². The molecule has 17 heavy (non-hydrogen) atoms. The van der Waals surface area contributed by atoms with Crippen LogP contribution in [-0.4, -0.2) is 10.3 Å². The summed E-state index contributed by atoms with van der Waals surface area (Å²) in [6.07, 6.45) is 1.18. The van der Waals surface area contributed by atoms with Crippen molar-refractivity contribution in [2.24, 2.45) is 11.5 Å². The van der Waals surface area contributed by atoms with Crippen molar-refractivity contribution in [2.45, 2.75) is 6.61 Å². The van der Waals surface area contributed by atoms with Crippen molar-refractivity contribution in [3.8, 4) is 0 Å². The highest BCUT2D eigenvalue weighted by Gasteiger charge is 1.91. The SMILES string of the molecule is C=COC(N)=S.NC(=S)OCc1ccccc1. The maximum absolute atomic E-state index is 5.15. The molecule has 0 unspecified atom stereocenters. The van der Waals surface area contributed by atoms with E-state index in [1.54, 1.807) is 0 Å². The van der Waals surface area contributed by atoms with E-state index >= 15 is 0 Å². The van der Waals surface area contributed by atoms with Crippen LogP contribution in [0.4, 0.5) is 0 Å². The van der Waals surface area contributed by atoms with E-state index in [0.29, 0.717) is 6.61 Å². The third-order valence-electron chi connectivity index (χ3n) is 1.42. The van der Waals surface area contributed by atoms with Gasteiger partial charge in [-0.1, -0.05) is 36.9 Å². The zero-order valence-corrected chi connectivity index (χ0v) is 10.8. The fourth-order valence-electron chi connectivity index (χ4n) is 0.811. The molecule has 0 aliphatic rings. The predicted octanol–water partition coefficient (Wildman–Crippen LogP) is 1.84. The Morgan fingerprint density at radius 2 is 1.76 bits per heavy atom. The van der Waals surface area contributed by atoms with Crippen molar-refractivity contribution in [1.29, 1.82) is 0 Å². The van der Waals surface area contributed by atoms with Crippen LogP contribution in [0.1, 0.15) is 5.56 Å². The summed E-state index contributed by atoms with van der Waals surface area (Å²) in [5.74, 6) is 0. The molecule has 0 saturated heterocycles. The van der Waals surface area contributed by atoms with Gasteiger partial charge in [0.25, 0.3) is 10.3 Å². The van der Waals surface area contributed by atoms with Gasteiger partial charge in [0.2, 0.25) is 0 Å². The number of benzene rings is 1. The van der Waals surface area contributed by atoms with Crippen LogP contribution in [0.2, 0.25) is 0 Å². The average molecular weight is 270 g/mol. The van der Waals surface area contributed by atoms with Crippen LogP contribution in [0, 0.1) is 0 Å². The van der Waals surface area contributed by atoms with Gasteiger partial charge in [-0.2, -0.15) is 0 Å². The van der Waals surface area contributed by atoms with Gasteiger partial charge in [-0.25, -0.2) is 0 Å². The van der Waals surface area contributed by atoms with Crippen molar-refractivity contribution in [3.05, 3.63) is 48.7 Å². The molecule has 0 heterocycles. The lowest BCUT2D eigenvalue weighted by Gasteiger charge is -2.01. The molecular formula is C11H14N2O2S2. The minimum atomic E-state index is 0.00463. The predicted molar refractivity (Wildman–Crippen MR) is 76.1 cm³/mol. The summed E-state index contributed by atoms with van der Waals surface area (Å²) in [5, 5.41) is 0.0962. The third kappa shape index (κ3) is 10.6. The van der Waals surface area contributed by atoms with E-state index in [4.69, 9.17) is 16.2 Å². The Morgan fingerprint density at radius 1 is 1.18 bits per heavy atom. The lowest BCUT2D eigenvalue weighted by atomic mass is 10.2. The van der Waals surface area contributed by atoms with Crippen molar-refractivity contribution < 1.29 is 9.47 Å². The number of ether oxygens (including phenoxy) is 2. The van der Waals surface area contributed by atoms with Crippen LogP contribution in [0.25, 0.3) is 0 Å². The van der Waals surface area contributed by atoms with E-state index in [-0.39, 0.29) is 10.3 Å². The van der Waals surface area contributed by atoms with Gasteiger partial charge < -0.3 is 20.9 Å². The topological polar surface area (TPSA) is 70.5 Å². The Labute approximate surface area is 111 Å². The summed E-state index contributed by atoms with van der Waals surface area (Å²) in [6, 6.07) is 9.75. The minimum Gasteiger partial charge on any atom is -0.466 e. The Hall–Kier alpha value is -1.66. The van der Waals surface area contributed by atoms with Gasteiger partial charge in [-0.15, -0.1) is 0 Å². The van der Waals surface area contributed by atoms with E-state index in [2.05, 4.69) is 35.8 Å². The monoisotopic (exact) mass is 270 g/mol. The Kier molecular flexibility index (Phi) is 8.62. The van der Waals surface area contributed by atoms with E-state index < -0.39 is 0 Å². The molecule has 1 aromatic carbocycles. The summed E-state index contributed by atoms with van der Waals surface area (Å²) in [7, 11) is 0. The molecule has 0 aliphatic heterocycles. The first-order valence-electron chi connectivity index (χ1n) is 4.59. The van der Waals surface area contributed by atoms with Crippen molar-refractivity contribution in [1.82, 2.24) is 0 Å². The van der Waals surface area contributed by atoms with Gasteiger partial charge in [0, 0.05) is 0 Å². The second kappa shape index (κ2) is 9.56.